The van der Waals surface area contributed by atoms with E-state index >= 15 is 0 Å². The third kappa shape index (κ3) is 5.35. The van der Waals surface area contributed by atoms with Crippen LogP contribution in [0.5, 0.6) is 0 Å². The first kappa shape index (κ1) is 27.1. The lowest BCUT2D eigenvalue weighted by Gasteiger charge is -2.40. The Morgan fingerprint density at radius 2 is 1.63 bits per heavy atom. The van der Waals surface area contributed by atoms with Gasteiger partial charge in [0.15, 0.2) is 0 Å². The molecule has 0 atom stereocenters. The monoisotopic (exact) mass is 571 g/mol. The molecular weight excluding hydrogens is 544 g/mol. The highest BCUT2D eigenvalue weighted by Crippen LogP contribution is 2.36. The Morgan fingerprint density at radius 1 is 0.947 bits per heavy atom. The molecule has 0 N–H and O–H groups in total. The number of hydrogen-bond donors (Lipinski definition) is 0. The zero-order chi connectivity index (χ0) is 27.2. The third-order valence-electron chi connectivity index (χ3n) is 7.35. The van der Waals surface area contributed by atoms with Gasteiger partial charge in [-0.25, -0.2) is 4.39 Å². The third-order valence-corrected chi connectivity index (χ3v) is 8.27. The number of fused-ring (bicyclic) bond motifs is 1. The number of aromatic nitrogens is 2. The first-order valence-electron chi connectivity index (χ1n) is 12.7. The largest absolute Gasteiger partial charge is 0.298 e. The molecule has 0 saturated carbocycles. The van der Waals surface area contributed by atoms with Crippen molar-refractivity contribution in [3.8, 4) is 16.9 Å². The van der Waals surface area contributed by atoms with Gasteiger partial charge in [0, 0.05) is 28.2 Å². The molecule has 0 aliphatic carbocycles. The van der Waals surface area contributed by atoms with Crippen molar-refractivity contribution in [2.24, 2.45) is 5.92 Å². The van der Waals surface area contributed by atoms with Gasteiger partial charge in [-0.2, -0.15) is 0 Å². The minimum absolute atomic E-state index is 0.142. The molecule has 5 rings (SSSR count). The second-order valence-corrected chi connectivity index (χ2v) is 12.1. The summed E-state index contributed by atoms with van der Waals surface area (Å²) < 4.78 is 15.5. The van der Waals surface area contributed by atoms with Crippen molar-refractivity contribution in [3.63, 3.8) is 0 Å². The molecule has 8 heteroatoms. The average molecular weight is 573 g/mol. The molecule has 198 valence electrons. The van der Waals surface area contributed by atoms with E-state index in [0.717, 1.165) is 38.0 Å². The Labute approximate surface area is 237 Å². The van der Waals surface area contributed by atoms with Crippen molar-refractivity contribution in [1.82, 2.24) is 14.5 Å². The Kier molecular flexibility index (Phi) is 7.58. The predicted octanol–water partition coefficient (Wildman–Crippen LogP) is 8.21. The highest BCUT2D eigenvalue weighted by Gasteiger charge is 2.28. The minimum atomic E-state index is -0.426. The predicted molar refractivity (Wildman–Crippen MR) is 156 cm³/mol. The average Bonchev–Trinajstić information content (AvgIpc) is 2.84. The van der Waals surface area contributed by atoms with Gasteiger partial charge in [-0.3, -0.25) is 19.2 Å². The van der Waals surface area contributed by atoms with Gasteiger partial charge >= 0.3 is 0 Å². The standard InChI is InChI=1S/C30H29Cl3FN3O/c1-30(2,3)36-13-11-18(12-14-36)15-20-17-26-22(28(35-20)21-8-7-19(34)16-25(21)33)9-10-27(38)37(26)29-23(31)5-4-6-24(29)32/h4-10,16-18H,11-15H2,1-3H3. The molecule has 2 aromatic heterocycles. The lowest BCUT2D eigenvalue weighted by molar-refractivity contribution is 0.0874. The maximum absolute atomic E-state index is 13.9. The van der Waals surface area contributed by atoms with Crippen molar-refractivity contribution in [1.29, 1.82) is 0 Å². The van der Waals surface area contributed by atoms with E-state index in [1.165, 1.54) is 22.8 Å². The molecule has 38 heavy (non-hydrogen) atoms. The molecule has 1 aliphatic heterocycles. The second-order valence-electron chi connectivity index (χ2n) is 10.9. The zero-order valence-corrected chi connectivity index (χ0v) is 23.8. The van der Waals surface area contributed by atoms with Crippen molar-refractivity contribution in [2.45, 2.75) is 45.6 Å². The van der Waals surface area contributed by atoms with E-state index in [4.69, 9.17) is 39.8 Å². The van der Waals surface area contributed by atoms with Crippen LogP contribution < -0.4 is 5.56 Å². The number of likely N-dealkylation sites (tertiary alicyclic amines) is 1. The van der Waals surface area contributed by atoms with Crippen LogP contribution in [0.2, 0.25) is 15.1 Å². The van der Waals surface area contributed by atoms with Crippen molar-refractivity contribution in [3.05, 3.63) is 91.5 Å². The lowest BCUT2D eigenvalue weighted by Crippen LogP contribution is -2.46. The maximum Gasteiger partial charge on any atom is 0.255 e. The van der Waals surface area contributed by atoms with Crippen LogP contribution in [0.4, 0.5) is 4.39 Å². The van der Waals surface area contributed by atoms with E-state index in [0.29, 0.717) is 43.8 Å². The Hall–Kier alpha value is -2.44. The number of piperidine rings is 1. The highest BCUT2D eigenvalue weighted by molar-refractivity contribution is 6.38. The summed E-state index contributed by atoms with van der Waals surface area (Å²) >= 11 is 19.6. The summed E-state index contributed by atoms with van der Waals surface area (Å²) in [5, 5.41) is 1.67. The number of nitrogens with zero attached hydrogens (tertiary/aromatic N) is 3. The zero-order valence-electron chi connectivity index (χ0n) is 21.6. The molecule has 0 radical (unpaired) electrons. The van der Waals surface area contributed by atoms with Gasteiger partial charge < -0.3 is 0 Å². The fraction of sp³-hybridized carbons (Fsp3) is 0.333. The van der Waals surface area contributed by atoms with Gasteiger partial charge in [0.05, 0.1) is 32.0 Å². The highest BCUT2D eigenvalue weighted by atomic mass is 35.5. The Balaban J connectivity index is 1.68. The summed E-state index contributed by atoms with van der Waals surface area (Å²) in [6.45, 7) is 8.79. The van der Waals surface area contributed by atoms with Gasteiger partial charge in [-0.1, -0.05) is 40.9 Å². The van der Waals surface area contributed by atoms with E-state index in [1.54, 1.807) is 30.3 Å². The van der Waals surface area contributed by atoms with Crippen LogP contribution in [0, 0.1) is 11.7 Å². The molecule has 1 saturated heterocycles. The van der Waals surface area contributed by atoms with Gasteiger partial charge in [-0.15, -0.1) is 0 Å². The fourth-order valence-electron chi connectivity index (χ4n) is 5.32. The van der Waals surface area contributed by atoms with E-state index in [-0.39, 0.29) is 16.1 Å². The molecule has 1 fully saturated rings. The van der Waals surface area contributed by atoms with Gasteiger partial charge in [0.25, 0.3) is 5.56 Å². The Morgan fingerprint density at radius 3 is 2.26 bits per heavy atom. The maximum atomic E-state index is 13.9. The van der Waals surface area contributed by atoms with Crippen LogP contribution in [0.25, 0.3) is 27.8 Å². The molecule has 0 spiro atoms. The van der Waals surface area contributed by atoms with Crippen molar-refractivity contribution >= 4 is 45.7 Å². The number of para-hydroxylation sites is 1. The summed E-state index contributed by atoms with van der Waals surface area (Å²) in [6, 6.07) is 14.6. The van der Waals surface area contributed by atoms with Crippen molar-refractivity contribution in [2.75, 3.05) is 13.1 Å². The van der Waals surface area contributed by atoms with Crippen LogP contribution in [-0.4, -0.2) is 33.1 Å². The van der Waals surface area contributed by atoms with Crippen molar-refractivity contribution < 1.29 is 4.39 Å². The quantitative estimate of drug-likeness (QED) is 0.247. The number of pyridine rings is 2. The topological polar surface area (TPSA) is 38.1 Å². The summed E-state index contributed by atoms with van der Waals surface area (Å²) in [5.74, 6) is 0.0208. The molecular formula is C30H29Cl3FN3O. The summed E-state index contributed by atoms with van der Waals surface area (Å²) in [4.78, 5) is 20.8. The molecule has 4 nitrogen and oxygen atoms in total. The number of benzene rings is 2. The van der Waals surface area contributed by atoms with Gasteiger partial charge in [0.1, 0.15) is 5.82 Å². The van der Waals surface area contributed by atoms with E-state index < -0.39 is 5.82 Å². The number of halogens is 4. The molecule has 0 bridgehead atoms. The number of hydrogen-bond acceptors (Lipinski definition) is 3. The van der Waals surface area contributed by atoms with Crippen LogP contribution in [-0.2, 0) is 6.42 Å². The summed E-state index contributed by atoms with van der Waals surface area (Å²) in [6.07, 6.45) is 2.86. The SMILES string of the molecule is CC(C)(C)N1CCC(Cc2cc3c(ccc(=O)n3-c3c(Cl)cccc3Cl)c(-c3ccc(F)cc3Cl)n2)CC1. The van der Waals surface area contributed by atoms with Crippen LogP contribution >= 0.6 is 34.8 Å². The Bertz CT molecular complexity index is 1550. The van der Waals surface area contributed by atoms with E-state index in [2.05, 4.69) is 25.7 Å². The molecule has 4 aromatic rings. The number of rotatable bonds is 4. The van der Waals surface area contributed by atoms with Crippen LogP contribution in [0.15, 0.2) is 59.4 Å². The first-order valence-corrected chi connectivity index (χ1v) is 13.9. The first-order chi connectivity index (χ1) is 18.0. The molecule has 3 heterocycles. The molecule has 0 unspecified atom stereocenters. The molecule has 0 amide bonds. The second kappa shape index (κ2) is 10.6. The normalized spacial score (nSPS) is 15.3. The van der Waals surface area contributed by atoms with Crippen LogP contribution in [0.3, 0.4) is 0 Å². The summed E-state index contributed by atoms with van der Waals surface area (Å²) in [5.41, 5.74) is 2.94. The van der Waals surface area contributed by atoms with Gasteiger partial charge in [-0.05, 0) is 102 Å². The van der Waals surface area contributed by atoms with E-state index in [1.807, 2.05) is 6.07 Å². The smallest absolute Gasteiger partial charge is 0.255 e. The fourth-order valence-corrected chi connectivity index (χ4v) is 6.14. The van der Waals surface area contributed by atoms with Crippen LogP contribution in [0.1, 0.15) is 39.3 Å². The lowest BCUT2D eigenvalue weighted by atomic mass is 9.89. The van der Waals surface area contributed by atoms with Gasteiger partial charge in [0.2, 0.25) is 0 Å². The van der Waals surface area contributed by atoms with E-state index in [9.17, 15) is 9.18 Å². The molecule has 1 aliphatic rings. The molecule has 2 aromatic carbocycles. The minimum Gasteiger partial charge on any atom is -0.298 e. The summed E-state index contributed by atoms with van der Waals surface area (Å²) in [7, 11) is 0.